The smallest absolute Gasteiger partial charge is 0.245 e. The standard InChI is InChI=1S/C19H29F2NOS/c1-11(13(10-22)8-19(5,20)21)17-16(12(2)23)14-9-18(3,4)7-6-15(14)24-17/h11,13,23H,2,6-10,22H2,1,3-5H3. The summed E-state index contributed by atoms with van der Waals surface area (Å²) >= 11 is 1.65. The summed E-state index contributed by atoms with van der Waals surface area (Å²) < 4.78 is 27.0. The van der Waals surface area contributed by atoms with Crippen LogP contribution < -0.4 is 5.73 Å². The summed E-state index contributed by atoms with van der Waals surface area (Å²) in [6, 6.07) is 0. The molecule has 1 aliphatic rings. The van der Waals surface area contributed by atoms with E-state index in [1.807, 2.05) is 6.92 Å². The van der Waals surface area contributed by atoms with Crippen LogP contribution in [0.3, 0.4) is 0 Å². The number of rotatable bonds is 6. The fourth-order valence-electron chi connectivity index (χ4n) is 3.72. The molecule has 1 aromatic rings. The monoisotopic (exact) mass is 357 g/mol. The molecule has 1 aromatic heterocycles. The summed E-state index contributed by atoms with van der Waals surface area (Å²) in [6.45, 7) is 11.3. The van der Waals surface area contributed by atoms with Gasteiger partial charge in [0.2, 0.25) is 5.92 Å². The van der Waals surface area contributed by atoms with Crippen LogP contribution in [0, 0.1) is 11.3 Å². The number of hydrogen-bond acceptors (Lipinski definition) is 3. The van der Waals surface area contributed by atoms with Crippen LogP contribution in [0.15, 0.2) is 6.58 Å². The average Bonchev–Trinajstić information content (AvgIpc) is 2.80. The molecule has 2 nitrogen and oxygen atoms in total. The molecule has 2 rings (SSSR count). The van der Waals surface area contributed by atoms with E-state index in [2.05, 4.69) is 20.4 Å². The molecule has 0 spiro atoms. The quantitative estimate of drug-likeness (QED) is 0.659. The maximum Gasteiger partial charge on any atom is 0.245 e. The van der Waals surface area contributed by atoms with Crippen LogP contribution in [-0.4, -0.2) is 17.6 Å². The zero-order valence-electron chi connectivity index (χ0n) is 15.1. The van der Waals surface area contributed by atoms with Gasteiger partial charge < -0.3 is 10.8 Å². The van der Waals surface area contributed by atoms with Gasteiger partial charge in [0, 0.05) is 21.7 Å². The minimum atomic E-state index is -2.74. The molecule has 2 unspecified atom stereocenters. The van der Waals surface area contributed by atoms with Gasteiger partial charge >= 0.3 is 0 Å². The minimum Gasteiger partial charge on any atom is -0.508 e. The fraction of sp³-hybridized carbons (Fsp3) is 0.684. The van der Waals surface area contributed by atoms with E-state index in [4.69, 9.17) is 5.73 Å². The van der Waals surface area contributed by atoms with E-state index in [1.54, 1.807) is 11.3 Å². The number of aryl methyl sites for hydroxylation is 1. The van der Waals surface area contributed by atoms with E-state index >= 15 is 0 Å². The Hall–Kier alpha value is -0.940. The summed E-state index contributed by atoms with van der Waals surface area (Å²) in [5, 5.41) is 10.2. The highest BCUT2D eigenvalue weighted by atomic mass is 32.1. The second-order valence-corrected chi connectivity index (χ2v) is 9.23. The topological polar surface area (TPSA) is 46.2 Å². The van der Waals surface area contributed by atoms with Crippen LogP contribution in [-0.2, 0) is 12.8 Å². The predicted molar refractivity (Wildman–Crippen MR) is 98.0 cm³/mol. The van der Waals surface area contributed by atoms with Gasteiger partial charge in [0.25, 0.3) is 0 Å². The molecule has 2 atom stereocenters. The number of aliphatic hydroxyl groups is 1. The molecule has 0 bridgehead atoms. The van der Waals surface area contributed by atoms with Gasteiger partial charge in [-0.3, -0.25) is 0 Å². The summed E-state index contributed by atoms with van der Waals surface area (Å²) in [6.07, 6.45) is 2.71. The summed E-state index contributed by atoms with van der Waals surface area (Å²) in [4.78, 5) is 2.23. The van der Waals surface area contributed by atoms with Gasteiger partial charge in [0.15, 0.2) is 0 Å². The first-order chi connectivity index (χ1) is 10.9. The van der Waals surface area contributed by atoms with Crippen molar-refractivity contribution in [2.45, 2.75) is 65.2 Å². The highest BCUT2D eigenvalue weighted by Crippen LogP contribution is 2.47. The number of aliphatic hydroxyl groups excluding tert-OH is 1. The third-order valence-electron chi connectivity index (χ3n) is 5.13. The van der Waals surface area contributed by atoms with Crippen LogP contribution in [0.2, 0.25) is 0 Å². The number of halogens is 2. The van der Waals surface area contributed by atoms with Crippen molar-refractivity contribution in [3.05, 3.63) is 27.5 Å². The first-order valence-electron chi connectivity index (χ1n) is 8.56. The lowest BCUT2D eigenvalue weighted by molar-refractivity contribution is -0.00533. The number of thiophene rings is 1. The minimum absolute atomic E-state index is 0.0473. The molecule has 0 aromatic carbocycles. The third kappa shape index (κ3) is 4.17. The average molecular weight is 358 g/mol. The molecule has 0 radical (unpaired) electrons. The number of nitrogens with two attached hydrogens (primary N) is 1. The van der Waals surface area contributed by atoms with Crippen molar-refractivity contribution in [3.8, 4) is 0 Å². The van der Waals surface area contributed by atoms with Crippen LogP contribution >= 0.6 is 11.3 Å². The van der Waals surface area contributed by atoms with Gasteiger partial charge in [-0.05, 0) is 55.5 Å². The number of hydrogen-bond donors (Lipinski definition) is 2. The van der Waals surface area contributed by atoms with Crippen LogP contribution in [0.4, 0.5) is 8.78 Å². The molecule has 1 heterocycles. The van der Waals surface area contributed by atoms with Crippen molar-refractivity contribution in [1.82, 2.24) is 0 Å². The Kier molecular flexibility index (Phi) is 5.46. The summed E-state index contributed by atoms with van der Waals surface area (Å²) in [5.74, 6) is -3.14. The van der Waals surface area contributed by atoms with E-state index < -0.39 is 5.92 Å². The molecule has 3 N–H and O–H groups in total. The third-order valence-corrected chi connectivity index (χ3v) is 6.63. The maximum atomic E-state index is 13.5. The molecular weight excluding hydrogens is 328 g/mol. The van der Waals surface area contributed by atoms with Gasteiger partial charge in [0.1, 0.15) is 5.76 Å². The van der Waals surface area contributed by atoms with Gasteiger partial charge in [-0.25, -0.2) is 8.78 Å². The van der Waals surface area contributed by atoms with Crippen molar-refractivity contribution < 1.29 is 13.9 Å². The van der Waals surface area contributed by atoms with E-state index in [-0.39, 0.29) is 36.0 Å². The summed E-state index contributed by atoms with van der Waals surface area (Å²) in [5.41, 5.74) is 7.92. The molecule has 0 aliphatic heterocycles. The Morgan fingerprint density at radius 2 is 2.08 bits per heavy atom. The molecule has 24 heavy (non-hydrogen) atoms. The van der Waals surface area contributed by atoms with Crippen molar-refractivity contribution in [3.63, 3.8) is 0 Å². The Morgan fingerprint density at radius 1 is 1.46 bits per heavy atom. The molecule has 0 amide bonds. The molecule has 5 heteroatoms. The molecule has 136 valence electrons. The Morgan fingerprint density at radius 3 is 2.58 bits per heavy atom. The molecule has 0 fully saturated rings. The van der Waals surface area contributed by atoms with Crippen LogP contribution in [0.25, 0.3) is 5.76 Å². The Balaban J connectivity index is 2.43. The normalized spacial score (nSPS) is 19.6. The van der Waals surface area contributed by atoms with Crippen molar-refractivity contribution in [1.29, 1.82) is 0 Å². The summed E-state index contributed by atoms with van der Waals surface area (Å²) in [7, 11) is 0. The lowest BCUT2D eigenvalue weighted by Gasteiger charge is -2.30. The second kappa shape index (κ2) is 6.75. The highest BCUT2D eigenvalue weighted by Gasteiger charge is 2.36. The Labute approximate surface area is 147 Å². The maximum absolute atomic E-state index is 13.5. The van der Waals surface area contributed by atoms with E-state index in [0.717, 1.165) is 42.2 Å². The van der Waals surface area contributed by atoms with E-state index in [9.17, 15) is 13.9 Å². The molecular formula is C19H29F2NOS. The number of fused-ring (bicyclic) bond motifs is 1. The van der Waals surface area contributed by atoms with E-state index in [0.29, 0.717) is 0 Å². The second-order valence-electron chi connectivity index (χ2n) is 8.09. The Bertz CT molecular complexity index is 616. The van der Waals surface area contributed by atoms with Gasteiger partial charge in [0.05, 0.1) is 0 Å². The zero-order valence-corrected chi connectivity index (χ0v) is 15.9. The van der Waals surface area contributed by atoms with Crippen LogP contribution in [0.5, 0.6) is 0 Å². The largest absolute Gasteiger partial charge is 0.508 e. The lowest BCUT2D eigenvalue weighted by atomic mass is 9.75. The number of alkyl halides is 2. The highest BCUT2D eigenvalue weighted by molar-refractivity contribution is 7.12. The van der Waals surface area contributed by atoms with Crippen molar-refractivity contribution >= 4 is 17.1 Å². The fourth-order valence-corrected chi connectivity index (χ4v) is 5.21. The van der Waals surface area contributed by atoms with Crippen molar-refractivity contribution in [2.24, 2.45) is 17.1 Å². The molecule has 1 aliphatic carbocycles. The van der Waals surface area contributed by atoms with E-state index in [1.165, 1.54) is 4.88 Å². The molecule has 0 saturated heterocycles. The predicted octanol–water partition coefficient (Wildman–Crippen LogP) is 5.52. The first kappa shape index (κ1) is 19.4. The van der Waals surface area contributed by atoms with Crippen LogP contribution in [0.1, 0.15) is 67.3 Å². The SMILES string of the molecule is C=C(O)c1c(C(C)C(CN)CC(C)(F)F)sc2c1CC(C)(C)CC2. The lowest BCUT2D eigenvalue weighted by Crippen LogP contribution is -2.27. The van der Waals surface area contributed by atoms with Gasteiger partial charge in [-0.1, -0.05) is 27.4 Å². The zero-order chi connectivity index (χ0) is 18.3. The molecule has 0 saturated carbocycles. The van der Waals surface area contributed by atoms with Crippen molar-refractivity contribution in [2.75, 3.05) is 6.54 Å². The first-order valence-corrected chi connectivity index (χ1v) is 9.37. The van der Waals surface area contributed by atoms with Gasteiger partial charge in [-0.2, -0.15) is 0 Å². The van der Waals surface area contributed by atoms with Gasteiger partial charge in [-0.15, -0.1) is 11.3 Å².